The van der Waals surface area contributed by atoms with Crippen molar-refractivity contribution >= 4 is 32.9 Å². The Kier molecular flexibility index (Phi) is 4.46. The van der Waals surface area contributed by atoms with Crippen LogP contribution >= 0.6 is 11.3 Å². The zero-order chi connectivity index (χ0) is 17.9. The summed E-state index contributed by atoms with van der Waals surface area (Å²) < 4.78 is 3.33. The number of benzene rings is 3. The molecule has 0 saturated carbocycles. The number of aryl methyl sites for hydroxylation is 1. The molecule has 128 valence electrons. The van der Waals surface area contributed by atoms with Crippen molar-refractivity contribution in [2.45, 2.75) is 13.5 Å². The highest BCUT2D eigenvalue weighted by molar-refractivity contribution is 7.16. The number of hydrogen-bond donors (Lipinski definition) is 1. The Morgan fingerprint density at radius 1 is 0.962 bits per heavy atom. The maximum atomic E-state index is 7.38. The first-order valence-electron chi connectivity index (χ1n) is 8.40. The van der Waals surface area contributed by atoms with Gasteiger partial charge >= 0.3 is 0 Å². The highest BCUT2D eigenvalue weighted by Gasteiger charge is 2.10. The van der Waals surface area contributed by atoms with Crippen molar-refractivity contribution in [3.05, 3.63) is 88.7 Å². The van der Waals surface area contributed by atoms with Crippen LogP contribution in [0.5, 0.6) is 0 Å². The fourth-order valence-electron chi connectivity index (χ4n) is 2.95. The molecule has 0 aliphatic carbocycles. The molecule has 0 unspecified atom stereocenters. The van der Waals surface area contributed by atoms with E-state index >= 15 is 0 Å². The summed E-state index contributed by atoms with van der Waals surface area (Å²) in [4.78, 5) is 5.80. The lowest BCUT2D eigenvalue weighted by atomic mass is 10.2. The first-order chi connectivity index (χ1) is 12.7. The summed E-state index contributed by atoms with van der Waals surface area (Å²) in [5, 5.41) is 3.64. The molecule has 1 aromatic heterocycles. The van der Waals surface area contributed by atoms with Crippen molar-refractivity contribution in [1.29, 1.82) is 5.53 Å². The molecule has 0 spiro atoms. The number of rotatable bonds is 4. The van der Waals surface area contributed by atoms with Crippen LogP contribution in [0.25, 0.3) is 10.2 Å². The van der Waals surface area contributed by atoms with Gasteiger partial charge in [0.25, 0.3) is 0 Å². The van der Waals surface area contributed by atoms with Gasteiger partial charge in [0.05, 0.1) is 28.1 Å². The molecule has 0 atom stereocenters. The number of hydrogen-bond acceptors (Lipinski definition) is 4. The largest absolute Gasteiger partial charge is 0.312 e. The van der Waals surface area contributed by atoms with Crippen LogP contribution in [0.15, 0.2) is 82.9 Å². The molecular formula is C21H18N4S. The Labute approximate surface area is 155 Å². The summed E-state index contributed by atoms with van der Waals surface area (Å²) in [5.74, 6) is 0. The van der Waals surface area contributed by atoms with Gasteiger partial charge in [-0.3, -0.25) is 0 Å². The number of aromatic nitrogens is 1. The van der Waals surface area contributed by atoms with E-state index in [-0.39, 0.29) is 0 Å². The van der Waals surface area contributed by atoms with E-state index in [9.17, 15) is 0 Å². The summed E-state index contributed by atoms with van der Waals surface area (Å²) >= 11 is 1.63. The normalized spacial score (nSPS) is 11.8. The Balaban J connectivity index is 1.95. The van der Waals surface area contributed by atoms with Crippen LogP contribution in [-0.2, 0) is 6.54 Å². The third kappa shape index (κ3) is 3.21. The van der Waals surface area contributed by atoms with E-state index < -0.39 is 0 Å². The average Bonchev–Trinajstić information content (AvgIpc) is 2.99. The number of nitrogens with zero attached hydrogens (tertiary/aromatic N) is 3. The van der Waals surface area contributed by atoms with E-state index in [4.69, 9.17) is 10.5 Å². The van der Waals surface area contributed by atoms with Crippen molar-refractivity contribution in [1.82, 2.24) is 4.57 Å². The lowest BCUT2D eigenvalue weighted by Crippen LogP contribution is -2.15. The highest BCUT2D eigenvalue weighted by atomic mass is 32.1. The molecule has 5 heteroatoms. The van der Waals surface area contributed by atoms with Gasteiger partial charge in [0.15, 0.2) is 4.80 Å². The van der Waals surface area contributed by atoms with Crippen LogP contribution in [0.4, 0.5) is 11.4 Å². The van der Waals surface area contributed by atoms with Gasteiger partial charge in [-0.2, -0.15) is 5.11 Å². The van der Waals surface area contributed by atoms with Crippen molar-refractivity contribution in [2.75, 3.05) is 0 Å². The van der Waals surface area contributed by atoms with Crippen molar-refractivity contribution in [3.8, 4) is 0 Å². The summed E-state index contributed by atoms with van der Waals surface area (Å²) in [5.41, 5.74) is 12.4. The van der Waals surface area contributed by atoms with Crippen LogP contribution in [0.1, 0.15) is 11.1 Å². The van der Waals surface area contributed by atoms with Gasteiger partial charge in [-0.05, 0) is 42.3 Å². The molecule has 0 saturated heterocycles. The maximum Gasteiger partial charge on any atom is 0.191 e. The van der Waals surface area contributed by atoms with Crippen molar-refractivity contribution in [3.63, 3.8) is 0 Å². The molecule has 4 nitrogen and oxygen atoms in total. The SMILES string of the molecule is Cc1cc2c(cc1N=N)sc(=Nc1ccccc1)n2Cc1ccccc1. The van der Waals surface area contributed by atoms with E-state index in [1.54, 1.807) is 11.3 Å². The van der Waals surface area contributed by atoms with Gasteiger partial charge in [0.1, 0.15) is 0 Å². The van der Waals surface area contributed by atoms with Crippen molar-refractivity contribution < 1.29 is 0 Å². The van der Waals surface area contributed by atoms with E-state index in [0.717, 1.165) is 32.8 Å². The predicted octanol–water partition coefficient (Wildman–Crippen LogP) is 5.95. The molecule has 0 amide bonds. The molecule has 1 N–H and O–H groups in total. The van der Waals surface area contributed by atoms with Gasteiger partial charge in [-0.1, -0.05) is 59.9 Å². The lowest BCUT2D eigenvalue weighted by Gasteiger charge is -2.07. The number of fused-ring (bicyclic) bond motifs is 1. The standard InChI is InChI=1S/C21H18N4S/c1-15-12-19-20(13-18(15)24-22)26-21(23-17-10-6-3-7-11-17)25(19)14-16-8-4-2-5-9-16/h2-13,22H,14H2,1H3. The second kappa shape index (κ2) is 7.06. The van der Waals surface area contributed by atoms with E-state index in [0.29, 0.717) is 5.69 Å². The molecular weight excluding hydrogens is 340 g/mol. The Hall–Kier alpha value is -3.05. The average molecular weight is 358 g/mol. The van der Waals surface area contributed by atoms with Crippen LogP contribution < -0.4 is 4.80 Å². The zero-order valence-electron chi connectivity index (χ0n) is 14.4. The van der Waals surface area contributed by atoms with Crippen LogP contribution in [0.3, 0.4) is 0 Å². The van der Waals surface area contributed by atoms with Gasteiger partial charge in [-0.15, -0.1) is 0 Å². The minimum absolute atomic E-state index is 0.705. The third-order valence-corrected chi connectivity index (χ3v) is 5.33. The Morgan fingerprint density at radius 2 is 1.65 bits per heavy atom. The summed E-state index contributed by atoms with van der Waals surface area (Å²) in [6.07, 6.45) is 0. The molecule has 0 bridgehead atoms. The number of thiazole rings is 1. The van der Waals surface area contributed by atoms with Gasteiger partial charge in [0, 0.05) is 0 Å². The quantitative estimate of drug-likeness (QED) is 0.438. The lowest BCUT2D eigenvalue weighted by molar-refractivity contribution is 0.800. The predicted molar refractivity (Wildman–Crippen MR) is 107 cm³/mol. The second-order valence-corrected chi connectivity index (χ2v) is 7.13. The van der Waals surface area contributed by atoms with E-state index in [2.05, 4.69) is 40.0 Å². The number of nitrogens with one attached hydrogen (secondary N) is 1. The van der Waals surface area contributed by atoms with E-state index in [1.807, 2.05) is 49.4 Å². The molecule has 4 aromatic rings. The van der Waals surface area contributed by atoms with Crippen LogP contribution in [-0.4, -0.2) is 4.57 Å². The smallest absolute Gasteiger partial charge is 0.191 e. The fraction of sp³-hybridized carbons (Fsp3) is 0.0952. The van der Waals surface area contributed by atoms with Crippen LogP contribution in [0.2, 0.25) is 0 Å². The Morgan fingerprint density at radius 3 is 2.35 bits per heavy atom. The molecule has 0 aliphatic heterocycles. The minimum Gasteiger partial charge on any atom is -0.312 e. The van der Waals surface area contributed by atoms with Gasteiger partial charge in [-0.25, -0.2) is 10.5 Å². The molecule has 0 radical (unpaired) electrons. The summed E-state index contributed by atoms with van der Waals surface area (Å²) in [6.45, 7) is 2.74. The molecule has 26 heavy (non-hydrogen) atoms. The third-order valence-electron chi connectivity index (χ3n) is 4.29. The van der Waals surface area contributed by atoms with Crippen molar-refractivity contribution in [2.24, 2.45) is 10.1 Å². The highest BCUT2D eigenvalue weighted by Crippen LogP contribution is 2.28. The fourth-order valence-corrected chi connectivity index (χ4v) is 4.01. The first kappa shape index (κ1) is 16.4. The second-order valence-electron chi connectivity index (χ2n) is 6.12. The number of para-hydroxylation sites is 1. The van der Waals surface area contributed by atoms with E-state index in [1.165, 1.54) is 5.56 Å². The molecule has 0 fully saturated rings. The molecule has 4 rings (SSSR count). The first-order valence-corrected chi connectivity index (χ1v) is 9.21. The topological polar surface area (TPSA) is 53.5 Å². The van der Waals surface area contributed by atoms with Gasteiger partial charge in [0.2, 0.25) is 0 Å². The Bertz CT molecular complexity index is 1130. The van der Waals surface area contributed by atoms with Gasteiger partial charge < -0.3 is 4.57 Å². The monoisotopic (exact) mass is 358 g/mol. The molecule has 0 aliphatic rings. The molecule has 3 aromatic carbocycles. The zero-order valence-corrected chi connectivity index (χ0v) is 15.2. The summed E-state index contributed by atoms with van der Waals surface area (Å²) in [6, 6.07) is 24.5. The maximum absolute atomic E-state index is 7.38. The minimum atomic E-state index is 0.705. The summed E-state index contributed by atoms with van der Waals surface area (Å²) in [7, 11) is 0. The van der Waals surface area contributed by atoms with Crippen LogP contribution in [0, 0.1) is 12.5 Å². The molecule has 1 heterocycles.